The molecule has 0 aromatic heterocycles. The molecule has 1 aromatic rings. The quantitative estimate of drug-likeness (QED) is 0.830. The average molecular weight is 294 g/mol. The standard InChI is InChI=1S/C14H16BrNO/c15-12-8-10-6-7-14(12,9-10)13(17)16-11-4-2-1-3-5-11/h1-5,10,12H,6-9H2,(H,16,17)/t10-,12+,14+/m1/s1. The van der Waals surface area contributed by atoms with Crippen molar-refractivity contribution in [1.82, 2.24) is 0 Å². The van der Waals surface area contributed by atoms with E-state index in [4.69, 9.17) is 0 Å². The highest BCUT2D eigenvalue weighted by molar-refractivity contribution is 9.09. The topological polar surface area (TPSA) is 29.1 Å². The first kappa shape index (κ1) is 11.3. The minimum absolute atomic E-state index is 0.152. The van der Waals surface area contributed by atoms with Gasteiger partial charge in [-0.3, -0.25) is 4.79 Å². The Kier molecular flexibility index (Phi) is 2.74. The summed E-state index contributed by atoms with van der Waals surface area (Å²) >= 11 is 3.71. The first-order valence-corrected chi connectivity index (χ1v) is 7.13. The Hall–Kier alpha value is -0.830. The maximum atomic E-state index is 12.5. The number of carbonyl (C=O) groups excluding carboxylic acids is 1. The number of rotatable bonds is 2. The highest BCUT2D eigenvalue weighted by atomic mass is 79.9. The first-order valence-electron chi connectivity index (χ1n) is 6.21. The summed E-state index contributed by atoms with van der Waals surface area (Å²) in [5, 5.41) is 3.06. The summed E-state index contributed by atoms with van der Waals surface area (Å²) in [6.45, 7) is 0. The molecule has 17 heavy (non-hydrogen) atoms. The first-order chi connectivity index (χ1) is 8.21. The second-order valence-corrected chi connectivity index (χ2v) is 6.39. The fourth-order valence-electron chi connectivity index (χ4n) is 3.31. The molecule has 2 saturated carbocycles. The van der Waals surface area contributed by atoms with Crippen LogP contribution < -0.4 is 5.32 Å². The van der Waals surface area contributed by atoms with Gasteiger partial charge in [0.2, 0.25) is 5.91 Å². The maximum Gasteiger partial charge on any atom is 0.231 e. The van der Waals surface area contributed by atoms with Crippen LogP contribution in [0, 0.1) is 11.3 Å². The predicted molar refractivity (Wildman–Crippen MR) is 72.2 cm³/mol. The summed E-state index contributed by atoms with van der Waals surface area (Å²) in [6, 6.07) is 9.75. The summed E-state index contributed by atoms with van der Waals surface area (Å²) in [6.07, 6.45) is 4.46. The molecule has 0 unspecified atom stereocenters. The van der Waals surface area contributed by atoms with Gasteiger partial charge in [0, 0.05) is 10.5 Å². The van der Waals surface area contributed by atoms with Crippen molar-refractivity contribution in [2.45, 2.75) is 30.5 Å². The van der Waals surface area contributed by atoms with Crippen LogP contribution in [0.25, 0.3) is 0 Å². The van der Waals surface area contributed by atoms with Crippen molar-refractivity contribution in [2.24, 2.45) is 11.3 Å². The molecule has 2 nitrogen and oxygen atoms in total. The Morgan fingerprint density at radius 2 is 2.12 bits per heavy atom. The number of nitrogens with one attached hydrogen (secondary N) is 1. The molecule has 2 bridgehead atoms. The molecule has 2 fully saturated rings. The summed E-state index contributed by atoms with van der Waals surface area (Å²) < 4.78 is 0. The largest absolute Gasteiger partial charge is 0.326 e. The zero-order valence-corrected chi connectivity index (χ0v) is 11.2. The highest BCUT2D eigenvalue weighted by Crippen LogP contribution is 2.57. The van der Waals surface area contributed by atoms with Gasteiger partial charge in [0.1, 0.15) is 0 Å². The van der Waals surface area contributed by atoms with Crippen LogP contribution in [0.2, 0.25) is 0 Å². The molecule has 3 atom stereocenters. The van der Waals surface area contributed by atoms with Gasteiger partial charge in [-0.15, -0.1) is 0 Å². The Balaban J connectivity index is 1.79. The number of benzene rings is 1. The van der Waals surface area contributed by atoms with Crippen LogP contribution in [0.1, 0.15) is 25.7 Å². The van der Waals surface area contributed by atoms with Crippen molar-refractivity contribution in [3.8, 4) is 0 Å². The van der Waals surface area contributed by atoms with Crippen molar-refractivity contribution in [2.75, 3.05) is 5.32 Å². The van der Waals surface area contributed by atoms with E-state index in [1.807, 2.05) is 30.3 Å². The SMILES string of the molecule is O=C(Nc1ccccc1)[C@]12CC[C@H](C[C@@H]1Br)C2. The lowest BCUT2D eigenvalue weighted by Crippen LogP contribution is -2.39. The Morgan fingerprint density at radius 3 is 2.71 bits per heavy atom. The molecule has 2 aliphatic rings. The number of anilines is 1. The molecule has 1 amide bonds. The van der Waals surface area contributed by atoms with Gasteiger partial charge in [0.05, 0.1) is 5.41 Å². The second kappa shape index (κ2) is 4.13. The molecule has 90 valence electrons. The fourth-order valence-corrected chi connectivity index (χ4v) is 4.46. The summed E-state index contributed by atoms with van der Waals surface area (Å²) in [7, 11) is 0. The Labute approximate surface area is 110 Å². The minimum Gasteiger partial charge on any atom is -0.326 e. The van der Waals surface area contributed by atoms with Crippen molar-refractivity contribution >= 4 is 27.5 Å². The van der Waals surface area contributed by atoms with Gasteiger partial charge < -0.3 is 5.32 Å². The lowest BCUT2D eigenvalue weighted by Gasteiger charge is -2.30. The van der Waals surface area contributed by atoms with E-state index in [0.717, 1.165) is 30.9 Å². The number of amides is 1. The smallest absolute Gasteiger partial charge is 0.231 e. The molecule has 3 rings (SSSR count). The average Bonchev–Trinajstić information content (AvgIpc) is 2.88. The van der Waals surface area contributed by atoms with E-state index >= 15 is 0 Å². The molecule has 1 N–H and O–H groups in total. The number of hydrogen-bond donors (Lipinski definition) is 1. The third kappa shape index (κ3) is 1.81. The number of para-hydroxylation sites is 1. The lowest BCUT2D eigenvalue weighted by atomic mass is 9.83. The number of carbonyl (C=O) groups is 1. The van der Waals surface area contributed by atoms with Crippen molar-refractivity contribution in [1.29, 1.82) is 0 Å². The van der Waals surface area contributed by atoms with Gasteiger partial charge in [-0.05, 0) is 43.7 Å². The number of alkyl halides is 1. The highest BCUT2D eigenvalue weighted by Gasteiger charge is 2.55. The summed E-state index contributed by atoms with van der Waals surface area (Å²) in [5.41, 5.74) is 0.752. The zero-order chi connectivity index (χ0) is 11.9. The van der Waals surface area contributed by atoms with E-state index in [1.165, 1.54) is 6.42 Å². The maximum absolute atomic E-state index is 12.5. The third-order valence-electron chi connectivity index (χ3n) is 4.28. The molecule has 1 aromatic carbocycles. The molecule has 0 saturated heterocycles. The Bertz CT molecular complexity index is 433. The molecular formula is C14H16BrNO. The number of halogens is 1. The van der Waals surface area contributed by atoms with E-state index in [9.17, 15) is 4.79 Å². The van der Waals surface area contributed by atoms with Crippen LogP contribution in [-0.2, 0) is 4.79 Å². The molecule has 2 aliphatic carbocycles. The molecule has 0 spiro atoms. The van der Waals surface area contributed by atoms with E-state index < -0.39 is 0 Å². The van der Waals surface area contributed by atoms with Crippen molar-refractivity contribution in [3.63, 3.8) is 0 Å². The predicted octanol–water partition coefficient (Wildman–Crippen LogP) is 3.58. The molecule has 0 radical (unpaired) electrons. The van der Waals surface area contributed by atoms with Crippen molar-refractivity contribution in [3.05, 3.63) is 30.3 Å². The van der Waals surface area contributed by atoms with Crippen LogP contribution in [0.4, 0.5) is 5.69 Å². The van der Waals surface area contributed by atoms with Crippen LogP contribution in [0.5, 0.6) is 0 Å². The van der Waals surface area contributed by atoms with E-state index in [1.54, 1.807) is 0 Å². The molecule has 3 heteroatoms. The normalized spacial score (nSPS) is 34.9. The number of fused-ring (bicyclic) bond motifs is 2. The lowest BCUT2D eigenvalue weighted by molar-refractivity contribution is -0.124. The van der Waals surface area contributed by atoms with E-state index in [-0.39, 0.29) is 11.3 Å². The third-order valence-corrected chi connectivity index (χ3v) is 5.53. The van der Waals surface area contributed by atoms with Crippen LogP contribution in [0.3, 0.4) is 0 Å². The molecule has 0 aliphatic heterocycles. The van der Waals surface area contributed by atoms with Gasteiger partial charge in [-0.1, -0.05) is 34.1 Å². The van der Waals surface area contributed by atoms with Gasteiger partial charge in [-0.2, -0.15) is 0 Å². The minimum atomic E-state index is -0.152. The van der Waals surface area contributed by atoms with Gasteiger partial charge >= 0.3 is 0 Å². The van der Waals surface area contributed by atoms with Gasteiger partial charge in [0.15, 0.2) is 0 Å². The monoisotopic (exact) mass is 293 g/mol. The summed E-state index contributed by atoms with van der Waals surface area (Å²) in [5.74, 6) is 0.950. The molecular weight excluding hydrogens is 278 g/mol. The van der Waals surface area contributed by atoms with Crippen LogP contribution in [0.15, 0.2) is 30.3 Å². The van der Waals surface area contributed by atoms with Gasteiger partial charge in [0.25, 0.3) is 0 Å². The zero-order valence-electron chi connectivity index (χ0n) is 9.66. The van der Waals surface area contributed by atoms with Gasteiger partial charge in [-0.25, -0.2) is 0 Å². The van der Waals surface area contributed by atoms with E-state index in [0.29, 0.717) is 4.83 Å². The van der Waals surface area contributed by atoms with Crippen LogP contribution >= 0.6 is 15.9 Å². The van der Waals surface area contributed by atoms with Crippen LogP contribution in [-0.4, -0.2) is 10.7 Å². The second-order valence-electron chi connectivity index (χ2n) is 5.29. The molecule has 0 heterocycles. The van der Waals surface area contributed by atoms with E-state index in [2.05, 4.69) is 21.2 Å². The Morgan fingerprint density at radius 1 is 1.35 bits per heavy atom. The van der Waals surface area contributed by atoms with Crippen molar-refractivity contribution < 1.29 is 4.79 Å². The fraction of sp³-hybridized carbons (Fsp3) is 0.500. The summed E-state index contributed by atoms with van der Waals surface area (Å²) in [4.78, 5) is 12.8. The number of hydrogen-bond acceptors (Lipinski definition) is 1.